The molecule has 0 bridgehead atoms. The summed E-state index contributed by atoms with van der Waals surface area (Å²) in [6.45, 7) is 1.14. The van der Waals surface area contributed by atoms with Crippen LogP contribution in [0.2, 0.25) is 0 Å². The first-order valence-electron chi connectivity index (χ1n) is 5.85. The molecule has 1 saturated carbocycles. The van der Waals surface area contributed by atoms with Gasteiger partial charge in [-0.3, -0.25) is 0 Å². The highest BCUT2D eigenvalue weighted by Crippen LogP contribution is 2.32. The molecule has 0 aliphatic heterocycles. The monoisotopic (exact) mass is 223 g/mol. The zero-order chi connectivity index (χ0) is 11.4. The van der Waals surface area contributed by atoms with Crippen molar-refractivity contribution in [2.45, 2.75) is 25.3 Å². The molecule has 0 amide bonds. The normalized spacial score (nSPS) is 17.4. The molecule has 0 saturated heterocycles. The summed E-state index contributed by atoms with van der Waals surface area (Å²) in [6, 6.07) is 6.24. The maximum absolute atomic E-state index is 13.4. The first-order chi connectivity index (χ1) is 7.77. The van der Waals surface area contributed by atoms with Gasteiger partial charge in [0.2, 0.25) is 0 Å². The van der Waals surface area contributed by atoms with E-state index in [-0.39, 0.29) is 11.9 Å². The molecule has 16 heavy (non-hydrogen) atoms. The number of rotatable bonds is 6. The zero-order valence-corrected chi connectivity index (χ0v) is 9.36. The molecular formula is C13H18FNO. The molecule has 1 fully saturated rings. The van der Waals surface area contributed by atoms with Crippen LogP contribution in [0.5, 0.6) is 0 Å². The molecule has 1 aliphatic carbocycles. The number of nitrogens with two attached hydrogens (primary N) is 1. The van der Waals surface area contributed by atoms with E-state index in [2.05, 4.69) is 0 Å². The lowest BCUT2D eigenvalue weighted by Gasteiger charge is -2.13. The molecule has 1 aromatic rings. The van der Waals surface area contributed by atoms with Crippen molar-refractivity contribution in [2.75, 3.05) is 13.2 Å². The van der Waals surface area contributed by atoms with Gasteiger partial charge >= 0.3 is 0 Å². The van der Waals surface area contributed by atoms with Gasteiger partial charge in [0.25, 0.3) is 0 Å². The van der Waals surface area contributed by atoms with E-state index in [0.717, 1.165) is 18.9 Å². The fourth-order valence-electron chi connectivity index (χ4n) is 1.73. The van der Waals surface area contributed by atoms with Crippen LogP contribution in [0.1, 0.15) is 30.9 Å². The Labute approximate surface area is 95.6 Å². The van der Waals surface area contributed by atoms with E-state index in [4.69, 9.17) is 10.5 Å². The predicted octanol–water partition coefficient (Wildman–Crippen LogP) is 2.64. The second-order valence-corrected chi connectivity index (χ2v) is 4.43. The molecule has 2 N–H and O–H groups in total. The summed E-state index contributed by atoms with van der Waals surface area (Å²) in [6.07, 6.45) is 3.79. The molecule has 2 rings (SSSR count). The first kappa shape index (κ1) is 11.6. The van der Waals surface area contributed by atoms with Crippen molar-refractivity contribution in [1.29, 1.82) is 0 Å². The van der Waals surface area contributed by atoms with Crippen LogP contribution in [0.3, 0.4) is 0 Å². The van der Waals surface area contributed by atoms with Gasteiger partial charge in [0, 0.05) is 12.2 Å². The van der Waals surface area contributed by atoms with Gasteiger partial charge in [0.1, 0.15) is 5.82 Å². The number of ether oxygens (including phenoxy) is 1. The number of halogens is 1. The summed E-state index contributed by atoms with van der Waals surface area (Å²) < 4.78 is 18.8. The molecule has 1 aromatic carbocycles. The number of hydrogen-bond acceptors (Lipinski definition) is 2. The summed E-state index contributed by atoms with van der Waals surface area (Å²) in [4.78, 5) is 0. The van der Waals surface area contributed by atoms with Gasteiger partial charge in [-0.05, 0) is 18.4 Å². The van der Waals surface area contributed by atoms with Crippen LogP contribution in [0.15, 0.2) is 24.3 Å². The van der Waals surface area contributed by atoms with Crippen molar-refractivity contribution in [3.8, 4) is 0 Å². The molecule has 1 aliphatic rings. The average Bonchev–Trinajstić information content (AvgIpc) is 3.08. The van der Waals surface area contributed by atoms with Crippen molar-refractivity contribution < 1.29 is 9.13 Å². The lowest BCUT2D eigenvalue weighted by molar-refractivity contribution is 0.115. The largest absolute Gasteiger partial charge is 0.379 e. The average molecular weight is 223 g/mol. The summed E-state index contributed by atoms with van der Waals surface area (Å²) in [5.74, 6) is 0.616. The molecule has 0 spiro atoms. The lowest BCUT2D eigenvalue weighted by atomic mass is 10.1. The van der Waals surface area contributed by atoms with E-state index in [1.54, 1.807) is 18.2 Å². The maximum atomic E-state index is 13.4. The van der Waals surface area contributed by atoms with E-state index in [0.29, 0.717) is 12.2 Å². The Balaban J connectivity index is 1.73. The Bertz CT molecular complexity index is 338. The first-order valence-corrected chi connectivity index (χ1v) is 5.85. The van der Waals surface area contributed by atoms with E-state index in [1.807, 2.05) is 0 Å². The molecule has 0 aromatic heterocycles. The van der Waals surface area contributed by atoms with E-state index in [9.17, 15) is 4.39 Å². The molecular weight excluding hydrogens is 205 g/mol. The van der Waals surface area contributed by atoms with Gasteiger partial charge in [-0.25, -0.2) is 4.39 Å². The Kier molecular flexibility index (Phi) is 3.91. The van der Waals surface area contributed by atoms with Crippen molar-refractivity contribution >= 4 is 0 Å². The molecule has 0 heterocycles. The van der Waals surface area contributed by atoms with Crippen LogP contribution < -0.4 is 5.73 Å². The smallest absolute Gasteiger partial charge is 0.128 e. The fourth-order valence-corrected chi connectivity index (χ4v) is 1.73. The van der Waals surface area contributed by atoms with Gasteiger partial charge in [-0.15, -0.1) is 0 Å². The lowest BCUT2D eigenvalue weighted by Crippen LogP contribution is -2.18. The second kappa shape index (κ2) is 5.41. The SMILES string of the molecule is NC(COCCC1CC1)c1ccccc1F. The van der Waals surface area contributed by atoms with Crippen LogP contribution >= 0.6 is 0 Å². The third-order valence-electron chi connectivity index (χ3n) is 2.97. The quantitative estimate of drug-likeness (QED) is 0.752. The standard InChI is InChI=1S/C13H18FNO/c14-12-4-2-1-3-11(12)13(15)9-16-8-7-10-5-6-10/h1-4,10,13H,5-9,15H2. The van der Waals surface area contributed by atoms with Crippen molar-refractivity contribution in [2.24, 2.45) is 11.7 Å². The Morgan fingerprint density at radius 1 is 1.38 bits per heavy atom. The highest BCUT2D eigenvalue weighted by Gasteiger charge is 2.20. The summed E-state index contributed by atoms with van der Waals surface area (Å²) in [5, 5.41) is 0. The third kappa shape index (κ3) is 3.29. The van der Waals surface area contributed by atoms with E-state index in [1.165, 1.54) is 18.9 Å². The van der Waals surface area contributed by atoms with Gasteiger partial charge in [0.05, 0.1) is 12.6 Å². The highest BCUT2D eigenvalue weighted by molar-refractivity contribution is 5.20. The molecule has 0 radical (unpaired) electrons. The number of benzene rings is 1. The van der Waals surface area contributed by atoms with Gasteiger partial charge < -0.3 is 10.5 Å². The van der Waals surface area contributed by atoms with Crippen LogP contribution in [-0.4, -0.2) is 13.2 Å². The maximum Gasteiger partial charge on any atom is 0.128 e. The molecule has 1 atom stereocenters. The second-order valence-electron chi connectivity index (χ2n) is 4.43. The van der Waals surface area contributed by atoms with Crippen LogP contribution in [0.4, 0.5) is 4.39 Å². The molecule has 2 nitrogen and oxygen atoms in total. The molecule has 88 valence electrons. The van der Waals surface area contributed by atoms with Gasteiger partial charge in [-0.1, -0.05) is 31.0 Å². The van der Waals surface area contributed by atoms with Crippen molar-refractivity contribution in [3.63, 3.8) is 0 Å². The minimum Gasteiger partial charge on any atom is -0.379 e. The van der Waals surface area contributed by atoms with Gasteiger partial charge in [-0.2, -0.15) is 0 Å². The van der Waals surface area contributed by atoms with Crippen molar-refractivity contribution in [1.82, 2.24) is 0 Å². The summed E-state index contributed by atoms with van der Waals surface area (Å²) >= 11 is 0. The summed E-state index contributed by atoms with van der Waals surface area (Å²) in [7, 11) is 0. The Hall–Kier alpha value is -0.930. The van der Waals surface area contributed by atoms with E-state index >= 15 is 0 Å². The van der Waals surface area contributed by atoms with Crippen LogP contribution in [0.25, 0.3) is 0 Å². The predicted molar refractivity (Wildman–Crippen MR) is 61.5 cm³/mol. The zero-order valence-electron chi connectivity index (χ0n) is 9.36. The van der Waals surface area contributed by atoms with Crippen LogP contribution in [-0.2, 0) is 4.74 Å². The van der Waals surface area contributed by atoms with E-state index < -0.39 is 0 Å². The Morgan fingerprint density at radius 2 is 2.12 bits per heavy atom. The molecule has 3 heteroatoms. The Morgan fingerprint density at radius 3 is 2.81 bits per heavy atom. The van der Waals surface area contributed by atoms with Crippen molar-refractivity contribution in [3.05, 3.63) is 35.6 Å². The minimum atomic E-state index is -0.361. The molecule has 1 unspecified atom stereocenters. The topological polar surface area (TPSA) is 35.2 Å². The highest BCUT2D eigenvalue weighted by atomic mass is 19.1. The van der Waals surface area contributed by atoms with Gasteiger partial charge in [0.15, 0.2) is 0 Å². The minimum absolute atomic E-state index is 0.249. The summed E-state index contributed by atoms with van der Waals surface area (Å²) in [5.41, 5.74) is 6.40. The number of hydrogen-bond donors (Lipinski definition) is 1. The fraction of sp³-hybridized carbons (Fsp3) is 0.538. The van der Waals surface area contributed by atoms with Crippen LogP contribution in [0, 0.1) is 11.7 Å². The third-order valence-corrected chi connectivity index (χ3v) is 2.97.